The van der Waals surface area contributed by atoms with Gasteiger partial charge in [-0.2, -0.15) is 18.2 Å². The Bertz CT molecular complexity index is 2090. The molecule has 3 N–H and O–H groups in total. The van der Waals surface area contributed by atoms with Gasteiger partial charge < -0.3 is 29.7 Å². The quantitative estimate of drug-likeness (QED) is 0.206. The average molecular weight is 878 g/mol. The second-order valence-electron chi connectivity index (χ2n) is 15.8. The maximum Gasteiger partial charge on any atom is 0.425 e. The smallest absolute Gasteiger partial charge is 0.425 e. The SMILES string of the molecule is C[C@H]1CC/C=C\C2C[C@@]2(C(=O)NS(=O)(=O)C2CC2)NC(=O)[C@@H]2C[C@@H](Oc3nc(OCC(F)F)cc4c(Cl)cccc34)CN2C(=O)[C@@H](NC(=O)O[C@H](C)C(F)(F)F)[C@H](C)C1. The van der Waals surface area contributed by atoms with Crippen LogP contribution < -0.4 is 24.8 Å². The Balaban J connectivity index is 1.36. The summed E-state index contributed by atoms with van der Waals surface area (Å²) in [6, 6.07) is 3.09. The molecule has 8 atom stereocenters. The number of carbonyl (C=O) groups is 4. The number of hydrogen-bond donors (Lipinski definition) is 3. The molecule has 59 heavy (non-hydrogen) atoms. The van der Waals surface area contributed by atoms with E-state index in [0.29, 0.717) is 49.8 Å². The Kier molecular flexibility index (Phi) is 12.9. The summed E-state index contributed by atoms with van der Waals surface area (Å²) >= 11 is 6.43. The fraction of sp³-hybridized carbons (Fsp3) is 0.605. The zero-order chi connectivity index (χ0) is 43.0. The van der Waals surface area contributed by atoms with Gasteiger partial charge in [0.15, 0.2) is 12.7 Å². The van der Waals surface area contributed by atoms with Crippen molar-refractivity contribution in [3.63, 3.8) is 0 Å². The van der Waals surface area contributed by atoms with Gasteiger partial charge in [-0.25, -0.2) is 22.0 Å². The fourth-order valence-corrected chi connectivity index (χ4v) is 9.14. The maximum absolute atomic E-state index is 14.7. The van der Waals surface area contributed by atoms with Crippen LogP contribution >= 0.6 is 11.6 Å². The zero-order valence-electron chi connectivity index (χ0n) is 32.3. The number of aromatic nitrogens is 1. The van der Waals surface area contributed by atoms with E-state index >= 15 is 0 Å². The van der Waals surface area contributed by atoms with Crippen LogP contribution in [-0.2, 0) is 29.1 Å². The molecule has 0 bridgehead atoms. The number of alkyl carbamates (subject to hydrolysis) is 1. The summed E-state index contributed by atoms with van der Waals surface area (Å²) in [4.78, 5) is 61.2. The van der Waals surface area contributed by atoms with Gasteiger partial charge in [0.25, 0.3) is 12.3 Å². The topological polar surface area (TPSA) is 182 Å². The van der Waals surface area contributed by atoms with Crippen LogP contribution in [0.1, 0.15) is 65.7 Å². The number of nitrogens with one attached hydrogen (secondary N) is 3. The number of nitrogens with zero attached hydrogens (tertiary/aromatic N) is 2. The number of benzene rings is 1. The first-order valence-electron chi connectivity index (χ1n) is 19.2. The van der Waals surface area contributed by atoms with Crippen LogP contribution in [0.15, 0.2) is 36.4 Å². The van der Waals surface area contributed by atoms with Crippen LogP contribution in [0.4, 0.5) is 26.7 Å². The van der Waals surface area contributed by atoms with Gasteiger partial charge in [-0.1, -0.05) is 43.7 Å². The summed E-state index contributed by atoms with van der Waals surface area (Å²) < 4.78 is 110. The minimum absolute atomic E-state index is 0.0456. The van der Waals surface area contributed by atoms with E-state index in [1.807, 2.05) is 13.0 Å². The molecule has 2 saturated carbocycles. The summed E-state index contributed by atoms with van der Waals surface area (Å²) in [6.07, 6.45) is -7.41. The lowest BCUT2D eigenvalue weighted by Crippen LogP contribution is -2.59. The van der Waals surface area contributed by atoms with Gasteiger partial charge in [-0.05, 0) is 69.4 Å². The molecule has 21 heteroatoms. The number of amides is 4. The molecule has 4 aliphatic rings. The van der Waals surface area contributed by atoms with E-state index in [1.165, 1.54) is 12.1 Å². The van der Waals surface area contributed by atoms with E-state index < -0.39 is 100.0 Å². The fourth-order valence-electron chi connectivity index (χ4n) is 7.54. The molecule has 6 rings (SSSR count). The van der Waals surface area contributed by atoms with Crippen LogP contribution in [0.3, 0.4) is 0 Å². The van der Waals surface area contributed by atoms with Gasteiger partial charge in [0.2, 0.25) is 33.6 Å². The number of fused-ring (bicyclic) bond motifs is 3. The molecule has 14 nitrogen and oxygen atoms in total. The largest absolute Gasteiger partial charge is 0.472 e. The van der Waals surface area contributed by atoms with E-state index in [-0.39, 0.29) is 42.1 Å². The molecule has 2 aromatic rings. The molecule has 4 amide bonds. The molecule has 2 aliphatic carbocycles. The van der Waals surface area contributed by atoms with E-state index in [4.69, 9.17) is 21.1 Å². The van der Waals surface area contributed by atoms with Crippen molar-refractivity contribution in [1.82, 2.24) is 25.2 Å². The third-order valence-electron chi connectivity index (χ3n) is 11.0. The molecule has 1 saturated heterocycles. The van der Waals surface area contributed by atoms with Gasteiger partial charge in [-0.15, -0.1) is 0 Å². The first-order chi connectivity index (χ1) is 27.7. The summed E-state index contributed by atoms with van der Waals surface area (Å²) in [5.74, 6) is -4.51. The van der Waals surface area contributed by atoms with Crippen molar-refractivity contribution in [2.24, 2.45) is 17.8 Å². The molecular formula is C38H45ClF5N5O9S. The van der Waals surface area contributed by atoms with Gasteiger partial charge in [0, 0.05) is 34.2 Å². The molecule has 324 valence electrons. The Labute approximate surface area is 341 Å². The van der Waals surface area contributed by atoms with Crippen molar-refractivity contribution in [2.45, 2.75) is 113 Å². The Hall–Kier alpha value is -4.46. The van der Waals surface area contributed by atoms with E-state index in [1.54, 1.807) is 25.1 Å². The monoisotopic (exact) mass is 877 g/mol. The third-order valence-corrected chi connectivity index (χ3v) is 13.2. The van der Waals surface area contributed by atoms with Crippen molar-refractivity contribution in [1.29, 1.82) is 0 Å². The number of halogens is 6. The molecule has 3 fully saturated rings. The minimum Gasteiger partial charge on any atom is -0.472 e. The summed E-state index contributed by atoms with van der Waals surface area (Å²) in [7, 11) is -4.03. The maximum atomic E-state index is 14.7. The van der Waals surface area contributed by atoms with Crippen molar-refractivity contribution in [3.05, 3.63) is 41.4 Å². The molecular weight excluding hydrogens is 833 g/mol. The first kappa shape index (κ1) is 44.1. The van der Waals surface area contributed by atoms with Crippen molar-refractivity contribution in [2.75, 3.05) is 13.2 Å². The minimum atomic E-state index is -4.90. The van der Waals surface area contributed by atoms with Crippen LogP contribution in [0.25, 0.3) is 10.8 Å². The standard InChI is InChI=1S/C38H45ClF5N5O9S/c1-19-7-4-5-8-22-16-37(22,35(52)48-59(54,55)24-11-12-24)47-32(50)28-14-23(58-33-25-9-6-10-27(39)26(25)15-30(45-33)56-18-29(40)41)17-49(28)34(51)31(20(2)13-19)46-36(53)57-21(3)38(42,43)44/h5-6,8-10,15,19-24,28-29,31H,4,7,11-14,16-18H2,1-3H3,(H,46,53)(H,47,50)(H,48,52)/b8-5-/t19-,20+,21+,22?,23+,28-,31-,37+/m0/s1. The molecule has 1 aromatic carbocycles. The number of allylic oxidation sites excluding steroid dienone is 1. The lowest BCUT2D eigenvalue weighted by Gasteiger charge is -2.33. The molecule has 3 heterocycles. The number of sulfonamides is 1. The van der Waals surface area contributed by atoms with Gasteiger partial charge in [0.1, 0.15) is 23.7 Å². The highest BCUT2D eigenvalue weighted by atomic mass is 35.5. The highest BCUT2D eigenvalue weighted by Crippen LogP contribution is 2.46. The molecule has 0 radical (unpaired) electrons. The second-order valence-corrected chi connectivity index (χ2v) is 18.1. The predicted molar refractivity (Wildman–Crippen MR) is 202 cm³/mol. The third kappa shape index (κ3) is 10.3. The van der Waals surface area contributed by atoms with E-state index in [2.05, 4.69) is 25.1 Å². The lowest BCUT2D eigenvalue weighted by molar-refractivity contribution is -0.197. The Morgan fingerprint density at radius 2 is 1.85 bits per heavy atom. The summed E-state index contributed by atoms with van der Waals surface area (Å²) in [5.41, 5.74) is -1.71. The van der Waals surface area contributed by atoms with Crippen molar-refractivity contribution in [3.8, 4) is 11.8 Å². The van der Waals surface area contributed by atoms with Gasteiger partial charge in [-0.3, -0.25) is 19.1 Å². The molecule has 0 spiro atoms. The normalized spacial score (nSPS) is 28.9. The van der Waals surface area contributed by atoms with E-state index in [0.717, 1.165) is 4.90 Å². The zero-order valence-corrected chi connectivity index (χ0v) is 33.8. The van der Waals surface area contributed by atoms with Crippen LogP contribution in [-0.4, -0.2) is 103 Å². The summed E-state index contributed by atoms with van der Waals surface area (Å²) in [5, 5.41) is 5.12. The lowest BCUT2D eigenvalue weighted by atomic mass is 9.88. The molecule has 2 aliphatic heterocycles. The highest BCUT2D eigenvalue weighted by Gasteiger charge is 2.62. The number of rotatable bonds is 10. The number of carbonyl (C=O) groups excluding carboxylic acids is 4. The predicted octanol–water partition coefficient (Wildman–Crippen LogP) is 5.42. The first-order valence-corrected chi connectivity index (χ1v) is 21.2. The second kappa shape index (κ2) is 17.3. The molecule has 1 unspecified atom stereocenters. The van der Waals surface area contributed by atoms with Gasteiger partial charge in [0.05, 0.1) is 11.8 Å². The van der Waals surface area contributed by atoms with Gasteiger partial charge >= 0.3 is 12.3 Å². The average Bonchev–Trinajstić information content (AvgIpc) is 4.08. The van der Waals surface area contributed by atoms with Crippen molar-refractivity contribution < 1.29 is 63.8 Å². The number of alkyl halides is 5. The number of pyridine rings is 1. The molecule has 1 aromatic heterocycles. The number of hydrogen-bond acceptors (Lipinski definition) is 10. The van der Waals surface area contributed by atoms with Crippen molar-refractivity contribution >= 4 is 56.2 Å². The Morgan fingerprint density at radius 3 is 2.53 bits per heavy atom. The van der Waals surface area contributed by atoms with Crippen LogP contribution in [0, 0.1) is 17.8 Å². The Morgan fingerprint density at radius 1 is 1.12 bits per heavy atom. The summed E-state index contributed by atoms with van der Waals surface area (Å²) in [6.45, 7) is 2.78. The highest BCUT2D eigenvalue weighted by molar-refractivity contribution is 7.91. The van der Waals surface area contributed by atoms with Crippen LogP contribution in [0.2, 0.25) is 5.02 Å². The van der Waals surface area contributed by atoms with E-state index in [9.17, 15) is 49.5 Å². The number of ether oxygens (including phenoxy) is 3. The van der Waals surface area contributed by atoms with Crippen LogP contribution in [0.5, 0.6) is 11.8 Å².